The number of allylic oxidation sites excluding steroid dienone is 1. The van der Waals surface area contributed by atoms with Crippen LogP contribution in [-0.2, 0) is 9.53 Å². The Labute approximate surface area is 60.9 Å². The third-order valence-corrected chi connectivity index (χ3v) is 1.81. The van der Waals surface area contributed by atoms with E-state index in [1.54, 1.807) is 0 Å². The van der Waals surface area contributed by atoms with E-state index >= 15 is 0 Å². The van der Waals surface area contributed by atoms with Gasteiger partial charge in [-0.3, -0.25) is 4.79 Å². The van der Waals surface area contributed by atoms with Crippen LogP contribution in [0.5, 0.6) is 0 Å². The number of cyclic esters (lactones) is 1. The zero-order chi connectivity index (χ0) is 7.56. The van der Waals surface area contributed by atoms with Gasteiger partial charge in [-0.05, 0) is 5.92 Å². The van der Waals surface area contributed by atoms with Gasteiger partial charge in [-0.15, -0.1) is 0 Å². The molecule has 2 heteroatoms. The first-order chi connectivity index (χ1) is 4.72. The van der Waals surface area contributed by atoms with Crippen molar-refractivity contribution in [3.63, 3.8) is 0 Å². The first kappa shape index (κ1) is 7.32. The molecule has 1 rings (SSSR count). The Morgan fingerprint density at radius 1 is 1.70 bits per heavy atom. The Morgan fingerprint density at radius 2 is 2.40 bits per heavy atom. The lowest BCUT2D eigenvalue weighted by Crippen LogP contribution is -2.18. The molecular weight excluding hydrogens is 128 g/mol. The number of carbonyl (C=O) groups is 1. The van der Waals surface area contributed by atoms with Crippen LogP contribution < -0.4 is 0 Å². The molecule has 2 nitrogen and oxygen atoms in total. The number of rotatable bonds is 1. The van der Waals surface area contributed by atoms with Gasteiger partial charge in [0.1, 0.15) is 5.76 Å². The maximum Gasteiger partial charge on any atom is 0.311 e. The summed E-state index contributed by atoms with van der Waals surface area (Å²) in [6, 6.07) is 0. The standard InChI is InChI=1S/C8H12O2/c1-3-7-4-6(2)10-8(9)5-7/h7H,2-5H2,1H3. The molecule has 10 heavy (non-hydrogen) atoms. The average Bonchev–Trinajstić information content (AvgIpc) is 1.85. The van der Waals surface area contributed by atoms with Crippen LogP contribution in [0.4, 0.5) is 0 Å². The summed E-state index contributed by atoms with van der Waals surface area (Å²) in [6.07, 6.45) is 2.45. The molecular formula is C8H12O2. The van der Waals surface area contributed by atoms with Crippen molar-refractivity contribution in [1.29, 1.82) is 0 Å². The molecule has 1 unspecified atom stereocenters. The molecule has 0 bridgehead atoms. The minimum absolute atomic E-state index is 0.122. The molecule has 56 valence electrons. The highest BCUT2D eigenvalue weighted by Gasteiger charge is 2.21. The molecule has 1 heterocycles. The van der Waals surface area contributed by atoms with Crippen LogP contribution in [-0.4, -0.2) is 5.97 Å². The van der Waals surface area contributed by atoms with Crippen LogP contribution in [0, 0.1) is 5.92 Å². The fraction of sp³-hybridized carbons (Fsp3) is 0.625. The lowest BCUT2D eigenvalue weighted by atomic mass is 9.96. The summed E-state index contributed by atoms with van der Waals surface area (Å²) in [4.78, 5) is 10.8. The van der Waals surface area contributed by atoms with Crippen LogP contribution in [0.2, 0.25) is 0 Å². The van der Waals surface area contributed by atoms with Crippen molar-refractivity contribution in [1.82, 2.24) is 0 Å². The topological polar surface area (TPSA) is 26.3 Å². The van der Waals surface area contributed by atoms with Crippen LogP contribution in [0.25, 0.3) is 0 Å². The van der Waals surface area contributed by atoms with E-state index in [0.29, 0.717) is 18.1 Å². The van der Waals surface area contributed by atoms with Gasteiger partial charge >= 0.3 is 5.97 Å². The van der Waals surface area contributed by atoms with Gasteiger partial charge in [-0.25, -0.2) is 0 Å². The molecule has 0 spiro atoms. The van der Waals surface area contributed by atoms with Crippen LogP contribution in [0.1, 0.15) is 26.2 Å². The second-order valence-corrected chi connectivity index (χ2v) is 2.70. The van der Waals surface area contributed by atoms with Gasteiger partial charge in [0, 0.05) is 12.8 Å². The maximum absolute atomic E-state index is 10.8. The highest BCUT2D eigenvalue weighted by Crippen LogP contribution is 2.24. The minimum atomic E-state index is -0.122. The Hall–Kier alpha value is -0.790. The van der Waals surface area contributed by atoms with Crippen LogP contribution in [0.3, 0.4) is 0 Å². The van der Waals surface area contributed by atoms with Crippen molar-refractivity contribution in [2.45, 2.75) is 26.2 Å². The summed E-state index contributed by atoms with van der Waals surface area (Å²) >= 11 is 0. The van der Waals surface area contributed by atoms with E-state index in [2.05, 4.69) is 13.5 Å². The van der Waals surface area contributed by atoms with Gasteiger partial charge in [0.25, 0.3) is 0 Å². The molecule has 1 fully saturated rings. The zero-order valence-corrected chi connectivity index (χ0v) is 6.22. The third-order valence-electron chi connectivity index (χ3n) is 1.81. The van der Waals surface area contributed by atoms with Gasteiger partial charge in [0.2, 0.25) is 0 Å². The van der Waals surface area contributed by atoms with Gasteiger partial charge in [-0.2, -0.15) is 0 Å². The van der Waals surface area contributed by atoms with Gasteiger partial charge in [0.15, 0.2) is 0 Å². The summed E-state index contributed by atoms with van der Waals surface area (Å²) in [5.74, 6) is 0.972. The minimum Gasteiger partial charge on any atom is -0.432 e. The van der Waals surface area contributed by atoms with E-state index in [9.17, 15) is 4.79 Å². The van der Waals surface area contributed by atoms with E-state index in [1.807, 2.05) is 0 Å². The van der Waals surface area contributed by atoms with E-state index in [1.165, 1.54) is 0 Å². The Bertz CT molecular complexity index is 145. The molecule has 0 saturated carbocycles. The second kappa shape index (κ2) is 2.86. The lowest BCUT2D eigenvalue weighted by molar-refractivity contribution is -0.143. The number of ether oxygens (including phenoxy) is 1. The molecule has 0 radical (unpaired) electrons. The second-order valence-electron chi connectivity index (χ2n) is 2.70. The first-order valence-electron chi connectivity index (χ1n) is 3.60. The van der Waals surface area contributed by atoms with E-state index in [4.69, 9.17) is 4.74 Å². The monoisotopic (exact) mass is 140 g/mol. The van der Waals surface area contributed by atoms with Crippen LogP contribution in [0.15, 0.2) is 12.3 Å². The first-order valence-corrected chi connectivity index (χ1v) is 3.60. The van der Waals surface area contributed by atoms with E-state index in [0.717, 1.165) is 12.8 Å². The highest BCUT2D eigenvalue weighted by molar-refractivity contribution is 5.71. The number of esters is 1. The molecule has 1 aliphatic rings. The fourth-order valence-corrected chi connectivity index (χ4v) is 1.16. The van der Waals surface area contributed by atoms with Crippen molar-refractivity contribution >= 4 is 5.97 Å². The largest absolute Gasteiger partial charge is 0.432 e. The van der Waals surface area contributed by atoms with Crippen molar-refractivity contribution < 1.29 is 9.53 Å². The Balaban J connectivity index is 2.50. The number of carbonyl (C=O) groups excluding carboxylic acids is 1. The Morgan fingerprint density at radius 3 is 2.90 bits per heavy atom. The molecule has 0 aromatic heterocycles. The normalized spacial score (nSPS) is 26.3. The van der Waals surface area contributed by atoms with Gasteiger partial charge < -0.3 is 4.74 Å². The predicted octanol–water partition coefficient (Wildman–Crippen LogP) is 1.86. The van der Waals surface area contributed by atoms with Crippen molar-refractivity contribution in [3.8, 4) is 0 Å². The van der Waals surface area contributed by atoms with Crippen LogP contribution >= 0.6 is 0 Å². The van der Waals surface area contributed by atoms with Crippen molar-refractivity contribution in [2.75, 3.05) is 0 Å². The van der Waals surface area contributed by atoms with Crippen molar-refractivity contribution in [2.24, 2.45) is 5.92 Å². The van der Waals surface area contributed by atoms with E-state index in [-0.39, 0.29) is 5.97 Å². The van der Waals surface area contributed by atoms with E-state index < -0.39 is 0 Å². The third kappa shape index (κ3) is 1.59. The van der Waals surface area contributed by atoms with Gasteiger partial charge in [0.05, 0.1) is 0 Å². The molecule has 0 aromatic rings. The maximum atomic E-state index is 10.8. The molecule has 1 saturated heterocycles. The number of hydrogen-bond acceptors (Lipinski definition) is 2. The summed E-state index contributed by atoms with van der Waals surface area (Å²) in [6.45, 7) is 5.70. The summed E-state index contributed by atoms with van der Waals surface area (Å²) < 4.78 is 4.78. The summed E-state index contributed by atoms with van der Waals surface area (Å²) in [5, 5.41) is 0. The highest BCUT2D eigenvalue weighted by atomic mass is 16.5. The lowest BCUT2D eigenvalue weighted by Gasteiger charge is -2.20. The molecule has 1 atom stereocenters. The Kier molecular flexibility index (Phi) is 2.10. The average molecular weight is 140 g/mol. The SMILES string of the molecule is C=C1CC(CC)CC(=O)O1. The predicted molar refractivity (Wildman–Crippen MR) is 38.2 cm³/mol. The smallest absolute Gasteiger partial charge is 0.311 e. The molecule has 0 N–H and O–H groups in total. The number of hydrogen-bond donors (Lipinski definition) is 0. The zero-order valence-electron chi connectivity index (χ0n) is 6.22. The molecule has 0 aromatic carbocycles. The molecule has 0 aliphatic carbocycles. The summed E-state index contributed by atoms with van der Waals surface area (Å²) in [7, 11) is 0. The fourth-order valence-electron chi connectivity index (χ4n) is 1.16. The molecule has 0 amide bonds. The van der Waals surface area contributed by atoms with Gasteiger partial charge in [-0.1, -0.05) is 19.9 Å². The quantitative estimate of drug-likeness (QED) is 0.520. The summed E-state index contributed by atoms with van der Waals surface area (Å²) in [5.41, 5.74) is 0. The molecule has 1 aliphatic heterocycles. The van der Waals surface area contributed by atoms with Crippen molar-refractivity contribution in [3.05, 3.63) is 12.3 Å².